The lowest BCUT2D eigenvalue weighted by atomic mass is 9.83. The molecule has 0 saturated heterocycles. The number of methoxy groups -OCH3 is 1. The van der Waals surface area contributed by atoms with Crippen LogP contribution in [0.25, 0.3) is 0 Å². The van der Waals surface area contributed by atoms with Gasteiger partial charge in [-0.1, -0.05) is 12.1 Å². The van der Waals surface area contributed by atoms with Crippen LogP contribution in [0, 0.1) is 11.3 Å². The van der Waals surface area contributed by atoms with Crippen molar-refractivity contribution in [2.75, 3.05) is 7.11 Å². The van der Waals surface area contributed by atoms with Crippen LogP contribution in [-0.4, -0.2) is 12.2 Å². The molecule has 1 heterocycles. The van der Waals surface area contributed by atoms with Crippen LogP contribution in [0.2, 0.25) is 0 Å². The van der Waals surface area contributed by atoms with E-state index >= 15 is 0 Å². The summed E-state index contributed by atoms with van der Waals surface area (Å²) in [5, 5.41) is 19.1. The Morgan fingerprint density at radius 1 is 1.30 bits per heavy atom. The molecule has 0 aliphatic carbocycles. The van der Waals surface area contributed by atoms with Gasteiger partial charge >= 0.3 is 0 Å². The third kappa shape index (κ3) is 2.60. The van der Waals surface area contributed by atoms with Crippen molar-refractivity contribution in [3.05, 3.63) is 63.5 Å². The van der Waals surface area contributed by atoms with E-state index in [4.69, 9.17) is 15.2 Å². The number of nitriles is 1. The minimum absolute atomic E-state index is 0.0440. The summed E-state index contributed by atoms with van der Waals surface area (Å²) in [6, 6.07) is 12.5. The number of rotatable bonds is 2. The number of phenolic OH excluding ortho intramolecular Hbond substituents is 1. The number of nitrogens with zero attached hydrogens (tertiary/aromatic N) is 1. The molecule has 0 radical (unpaired) electrons. The molecule has 2 aromatic carbocycles. The molecule has 0 spiro atoms. The third-order valence-corrected chi connectivity index (χ3v) is 4.33. The molecule has 3 N–H and O–H groups in total. The number of hydrogen-bond donors (Lipinski definition) is 2. The Hall–Kier alpha value is -2.65. The highest BCUT2D eigenvalue weighted by molar-refractivity contribution is 9.10. The van der Waals surface area contributed by atoms with Crippen LogP contribution in [0.15, 0.2) is 52.3 Å². The average molecular weight is 373 g/mol. The third-order valence-electron chi connectivity index (χ3n) is 3.71. The van der Waals surface area contributed by atoms with Gasteiger partial charge < -0.3 is 20.3 Å². The molecule has 1 atom stereocenters. The number of benzene rings is 2. The summed E-state index contributed by atoms with van der Waals surface area (Å²) in [4.78, 5) is 0. The second-order valence-electron chi connectivity index (χ2n) is 5.04. The predicted octanol–water partition coefficient (Wildman–Crippen LogP) is 3.38. The van der Waals surface area contributed by atoms with E-state index in [9.17, 15) is 10.4 Å². The van der Waals surface area contributed by atoms with E-state index < -0.39 is 0 Å². The monoisotopic (exact) mass is 372 g/mol. The molecule has 116 valence electrons. The fraction of sp³-hybridized carbons (Fsp3) is 0.118. The van der Waals surface area contributed by atoms with E-state index in [-0.39, 0.29) is 17.6 Å². The Bertz CT molecular complexity index is 855. The summed E-state index contributed by atoms with van der Waals surface area (Å²) in [6.07, 6.45) is 0. The maximum absolute atomic E-state index is 9.64. The molecule has 0 unspecified atom stereocenters. The molecule has 0 fully saturated rings. The summed E-state index contributed by atoms with van der Waals surface area (Å²) in [7, 11) is 1.59. The van der Waals surface area contributed by atoms with Crippen LogP contribution in [0.3, 0.4) is 0 Å². The van der Waals surface area contributed by atoms with E-state index in [1.165, 1.54) is 6.07 Å². The Labute approximate surface area is 141 Å². The molecule has 1 aliphatic heterocycles. The predicted molar refractivity (Wildman–Crippen MR) is 88.1 cm³/mol. The van der Waals surface area contributed by atoms with Crippen LogP contribution in [0.4, 0.5) is 0 Å². The molecule has 0 amide bonds. The quantitative estimate of drug-likeness (QED) is 0.843. The van der Waals surface area contributed by atoms with E-state index in [1.54, 1.807) is 19.2 Å². The lowest BCUT2D eigenvalue weighted by Gasteiger charge is -2.26. The van der Waals surface area contributed by atoms with Gasteiger partial charge in [-0.15, -0.1) is 0 Å². The van der Waals surface area contributed by atoms with E-state index in [1.807, 2.05) is 18.2 Å². The number of fused-ring (bicyclic) bond motifs is 1. The molecule has 1 aliphatic rings. The van der Waals surface area contributed by atoms with Crippen LogP contribution < -0.4 is 15.2 Å². The molecule has 5 nitrogen and oxygen atoms in total. The highest BCUT2D eigenvalue weighted by Crippen LogP contribution is 2.44. The number of hydrogen-bond acceptors (Lipinski definition) is 5. The van der Waals surface area contributed by atoms with Gasteiger partial charge in [0, 0.05) is 11.6 Å². The summed E-state index contributed by atoms with van der Waals surface area (Å²) in [6.45, 7) is 0. The van der Waals surface area contributed by atoms with Crippen molar-refractivity contribution in [3.63, 3.8) is 0 Å². The van der Waals surface area contributed by atoms with Gasteiger partial charge in [-0.05, 0) is 39.7 Å². The van der Waals surface area contributed by atoms with Crippen molar-refractivity contribution in [3.8, 4) is 23.3 Å². The molecular weight excluding hydrogens is 360 g/mol. The second kappa shape index (κ2) is 5.86. The molecule has 6 heteroatoms. The summed E-state index contributed by atoms with van der Waals surface area (Å²) >= 11 is 3.46. The number of halogens is 1. The Balaban J connectivity index is 2.20. The van der Waals surface area contributed by atoms with E-state index in [0.29, 0.717) is 17.1 Å². The van der Waals surface area contributed by atoms with Gasteiger partial charge in [-0.25, -0.2) is 0 Å². The van der Waals surface area contributed by atoms with Gasteiger partial charge in [0.25, 0.3) is 0 Å². The highest BCUT2D eigenvalue weighted by Gasteiger charge is 2.31. The maximum atomic E-state index is 9.64. The second-order valence-corrected chi connectivity index (χ2v) is 5.90. The van der Waals surface area contributed by atoms with Crippen molar-refractivity contribution in [2.24, 2.45) is 5.73 Å². The van der Waals surface area contributed by atoms with E-state index in [0.717, 1.165) is 15.6 Å². The highest BCUT2D eigenvalue weighted by atomic mass is 79.9. The molecule has 0 aromatic heterocycles. The fourth-order valence-corrected chi connectivity index (χ4v) is 3.21. The average Bonchev–Trinajstić information content (AvgIpc) is 2.53. The number of aromatic hydroxyl groups is 1. The van der Waals surface area contributed by atoms with Gasteiger partial charge in [0.2, 0.25) is 5.88 Å². The lowest BCUT2D eigenvalue weighted by molar-refractivity contribution is 0.388. The Morgan fingerprint density at radius 3 is 2.74 bits per heavy atom. The zero-order valence-electron chi connectivity index (χ0n) is 12.2. The fourth-order valence-electron chi connectivity index (χ4n) is 2.65. The van der Waals surface area contributed by atoms with Gasteiger partial charge in [0.05, 0.1) is 17.5 Å². The topological polar surface area (TPSA) is 88.5 Å². The summed E-state index contributed by atoms with van der Waals surface area (Å²) in [5.74, 6) is 0.890. The number of phenols is 1. The van der Waals surface area contributed by atoms with Crippen molar-refractivity contribution >= 4 is 15.9 Å². The van der Waals surface area contributed by atoms with Crippen LogP contribution in [-0.2, 0) is 0 Å². The zero-order valence-corrected chi connectivity index (χ0v) is 13.8. The summed E-state index contributed by atoms with van der Waals surface area (Å²) in [5.41, 5.74) is 7.86. The first-order valence-electron chi connectivity index (χ1n) is 6.79. The molecule has 0 saturated carbocycles. The first-order valence-corrected chi connectivity index (χ1v) is 7.58. The molecule has 2 aromatic rings. The van der Waals surface area contributed by atoms with Gasteiger partial charge in [-0.2, -0.15) is 5.26 Å². The number of ether oxygens (including phenoxy) is 2. The first-order chi connectivity index (χ1) is 11.0. The maximum Gasteiger partial charge on any atom is 0.205 e. The van der Waals surface area contributed by atoms with Crippen molar-refractivity contribution < 1.29 is 14.6 Å². The molecule has 3 rings (SSSR count). The molecular formula is C17H13BrN2O3. The van der Waals surface area contributed by atoms with E-state index in [2.05, 4.69) is 22.0 Å². The van der Waals surface area contributed by atoms with Crippen LogP contribution in [0.1, 0.15) is 17.0 Å². The van der Waals surface area contributed by atoms with Crippen LogP contribution in [0.5, 0.6) is 17.2 Å². The number of allylic oxidation sites excluding steroid dienone is 1. The minimum atomic E-state index is -0.369. The SMILES string of the molecule is COc1ccc([C@@H]2C(C#N)=C(N)Oc3cc(O)ccc32)cc1Br. The van der Waals surface area contributed by atoms with Crippen molar-refractivity contribution in [1.82, 2.24) is 0 Å². The molecule has 0 bridgehead atoms. The minimum Gasteiger partial charge on any atom is -0.508 e. The first kappa shape index (κ1) is 15.3. The van der Waals surface area contributed by atoms with Crippen LogP contribution >= 0.6 is 15.9 Å². The van der Waals surface area contributed by atoms with Crippen molar-refractivity contribution in [2.45, 2.75) is 5.92 Å². The van der Waals surface area contributed by atoms with Crippen molar-refractivity contribution in [1.29, 1.82) is 5.26 Å². The zero-order chi connectivity index (χ0) is 16.6. The molecule has 23 heavy (non-hydrogen) atoms. The normalized spacial score (nSPS) is 16.3. The standard InChI is InChI=1S/C17H13BrN2O3/c1-22-14-5-2-9(6-13(14)18)16-11-4-3-10(21)7-15(11)23-17(20)12(16)8-19/h2-7,16,21H,20H2,1H3/t16-/m0/s1. The van der Waals surface area contributed by atoms with Gasteiger partial charge in [0.15, 0.2) is 0 Å². The Morgan fingerprint density at radius 2 is 2.09 bits per heavy atom. The smallest absolute Gasteiger partial charge is 0.205 e. The lowest BCUT2D eigenvalue weighted by Crippen LogP contribution is -2.21. The number of nitrogens with two attached hydrogens (primary N) is 1. The summed E-state index contributed by atoms with van der Waals surface area (Å²) < 4.78 is 11.5. The largest absolute Gasteiger partial charge is 0.508 e. The van der Waals surface area contributed by atoms with Gasteiger partial charge in [-0.3, -0.25) is 0 Å². The van der Waals surface area contributed by atoms with Gasteiger partial charge in [0.1, 0.15) is 28.9 Å². The Kier molecular flexibility index (Phi) is 3.89.